The van der Waals surface area contributed by atoms with E-state index < -0.39 is 6.10 Å². The van der Waals surface area contributed by atoms with Crippen molar-refractivity contribution < 1.29 is 14.9 Å². The molecule has 0 fully saturated rings. The zero-order valence-corrected chi connectivity index (χ0v) is 13.4. The first-order valence-corrected chi connectivity index (χ1v) is 7.94. The van der Waals surface area contributed by atoms with E-state index >= 15 is 0 Å². The van der Waals surface area contributed by atoms with E-state index in [1.165, 1.54) is 11.5 Å². The fraction of sp³-hybridized carbons (Fsp3) is 0.250. The van der Waals surface area contributed by atoms with Gasteiger partial charge in [-0.1, -0.05) is 12.1 Å². The molecule has 6 nitrogen and oxygen atoms in total. The molecule has 0 saturated carbocycles. The molecule has 0 radical (unpaired) electrons. The van der Waals surface area contributed by atoms with Gasteiger partial charge in [0.05, 0.1) is 50.3 Å². The van der Waals surface area contributed by atoms with Crippen LogP contribution in [0.15, 0.2) is 42.2 Å². The second-order valence-electron chi connectivity index (χ2n) is 5.08. The van der Waals surface area contributed by atoms with E-state index in [-0.39, 0.29) is 13.2 Å². The lowest BCUT2D eigenvalue weighted by Gasteiger charge is -2.12. The van der Waals surface area contributed by atoms with Gasteiger partial charge in [0.1, 0.15) is 5.75 Å². The molecule has 3 rings (SSSR count). The number of ether oxygens (including phenoxy) is 1. The topological polar surface area (TPSA) is 80.4 Å². The Balaban J connectivity index is 2.09. The van der Waals surface area contributed by atoms with Gasteiger partial charge in [-0.25, -0.2) is 9.36 Å². The summed E-state index contributed by atoms with van der Waals surface area (Å²) in [6.07, 6.45) is 2.60. The van der Waals surface area contributed by atoms with Gasteiger partial charge in [-0.05, 0) is 23.7 Å². The number of rotatable bonds is 6. The summed E-state index contributed by atoms with van der Waals surface area (Å²) in [6, 6.07) is 7.66. The van der Waals surface area contributed by atoms with Crippen LogP contribution in [-0.4, -0.2) is 44.0 Å². The molecule has 0 bridgehead atoms. The third-order valence-electron chi connectivity index (χ3n) is 3.50. The first kappa shape index (κ1) is 15.7. The molecule has 3 aromatic rings. The molecule has 2 N–H and O–H groups in total. The van der Waals surface area contributed by atoms with Gasteiger partial charge in [0.2, 0.25) is 0 Å². The second kappa shape index (κ2) is 6.91. The van der Waals surface area contributed by atoms with Crippen LogP contribution in [0.2, 0.25) is 0 Å². The van der Waals surface area contributed by atoms with Crippen LogP contribution < -0.4 is 4.74 Å². The van der Waals surface area contributed by atoms with Crippen LogP contribution in [0.5, 0.6) is 5.75 Å². The van der Waals surface area contributed by atoms with E-state index in [0.29, 0.717) is 0 Å². The van der Waals surface area contributed by atoms with Crippen LogP contribution in [0.4, 0.5) is 0 Å². The fourth-order valence-electron chi connectivity index (χ4n) is 2.41. The predicted molar refractivity (Wildman–Crippen MR) is 88.4 cm³/mol. The maximum atomic E-state index is 9.76. The van der Waals surface area contributed by atoms with Crippen LogP contribution in [0.25, 0.3) is 22.5 Å². The van der Waals surface area contributed by atoms with Gasteiger partial charge < -0.3 is 19.5 Å². The first-order chi connectivity index (χ1) is 11.2. The molecule has 2 heterocycles. The van der Waals surface area contributed by atoms with E-state index in [1.54, 1.807) is 19.6 Å². The van der Waals surface area contributed by atoms with Gasteiger partial charge in [0.25, 0.3) is 0 Å². The maximum absolute atomic E-state index is 9.76. The number of benzene rings is 1. The number of nitrogens with zero attached hydrogens (tertiary/aromatic N) is 3. The number of aliphatic hydroxyl groups is 2. The summed E-state index contributed by atoms with van der Waals surface area (Å²) >= 11 is 1.36. The van der Waals surface area contributed by atoms with Crippen LogP contribution in [0.3, 0.4) is 0 Å². The monoisotopic (exact) mass is 331 g/mol. The summed E-state index contributed by atoms with van der Waals surface area (Å²) in [5, 5.41) is 20.8. The Morgan fingerprint density at radius 1 is 1.35 bits per heavy atom. The van der Waals surface area contributed by atoms with Crippen molar-refractivity contribution in [3.05, 3.63) is 42.2 Å². The maximum Gasteiger partial charge on any atom is 0.119 e. The quantitative estimate of drug-likeness (QED) is 0.722. The van der Waals surface area contributed by atoms with Gasteiger partial charge in [-0.2, -0.15) is 0 Å². The molecule has 23 heavy (non-hydrogen) atoms. The van der Waals surface area contributed by atoms with Crippen LogP contribution >= 0.6 is 11.5 Å². The minimum atomic E-state index is -0.840. The van der Waals surface area contributed by atoms with Crippen molar-refractivity contribution in [1.82, 2.24) is 13.9 Å². The Morgan fingerprint density at radius 2 is 2.22 bits per heavy atom. The minimum absolute atomic E-state index is 0.263. The molecular weight excluding hydrogens is 314 g/mol. The zero-order chi connectivity index (χ0) is 16.2. The lowest BCUT2D eigenvalue weighted by Crippen LogP contribution is -2.19. The van der Waals surface area contributed by atoms with E-state index in [0.717, 1.165) is 28.3 Å². The normalized spacial score (nSPS) is 12.3. The Morgan fingerprint density at radius 3 is 2.91 bits per heavy atom. The lowest BCUT2D eigenvalue weighted by atomic mass is 10.1. The van der Waals surface area contributed by atoms with Crippen LogP contribution in [0.1, 0.15) is 0 Å². The zero-order valence-electron chi connectivity index (χ0n) is 12.6. The largest absolute Gasteiger partial charge is 0.497 e. The van der Waals surface area contributed by atoms with Gasteiger partial charge in [-0.15, -0.1) is 0 Å². The van der Waals surface area contributed by atoms with Crippen molar-refractivity contribution in [2.24, 2.45) is 0 Å². The molecule has 0 saturated heterocycles. The predicted octanol–water partition coefficient (Wildman–Crippen LogP) is 2.04. The molecule has 2 aromatic heterocycles. The molecular formula is C16H17N3O3S. The SMILES string of the molecule is COc1cccc(-c2ncn(C[C@H](O)CO)c2-c2cnsc2)c1. The number of imidazole rings is 1. The highest BCUT2D eigenvalue weighted by Crippen LogP contribution is 2.33. The van der Waals surface area contributed by atoms with Crippen molar-refractivity contribution >= 4 is 11.5 Å². The van der Waals surface area contributed by atoms with Gasteiger partial charge in [0, 0.05) is 16.5 Å². The Labute approximate surface area is 137 Å². The van der Waals surface area contributed by atoms with Crippen molar-refractivity contribution in [2.75, 3.05) is 13.7 Å². The van der Waals surface area contributed by atoms with Gasteiger partial charge in [-0.3, -0.25) is 0 Å². The van der Waals surface area contributed by atoms with Crippen LogP contribution in [0, 0.1) is 0 Å². The summed E-state index contributed by atoms with van der Waals surface area (Å²) in [6.45, 7) is -0.0351. The molecule has 0 aliphatic rings. The standard InChI is InChI=1S/C16H17N3O3S/c1-22-14-4-2-3-11(5-14)15-16(12-6-18-23-9-12)19(10-17-15)7-13(21)8-20/h2-6,9-10,13,20-21H,7-8H2,1H3/t13-/m0/s1. The highest BCUT2D eigenvalue weighted by atomic mass is 32.1. The molecule has 120 valence electrons. The third-order valence-corrected chi connectivity index (χ3v) is 4.09. The molecule has 0 spiro atoms. The Hall–Kier alpha value is -2.22. The lowest BCUT2D eigenvalue weighted by molar-refractivity contribution is 0.0815. The summed E-state index contributed by atoms with van der Waals surface area (Å²) in [5.41, 5.74) is 3.49. The van der Waals surface area contributed by atoms with Crippen molar-refractivity contribution in [1.29, 1.82) is 0 Å². The molecule has 1 atom stereocenters. The molecule has 0 aliphatic heterocycles. The molecule has 1 aromatic carbocycles. The summed E-state index contributed by atoms with van der Waals surface area (Å²) in [4.78, 5) is 4.50. The number of aliphatic hydroxyl groups excluding tert-OH is 2. The van der Waals surface area contributed by atoms with Crippen molar-refractivity contribution in [2.45, 2.75) is 12.6 Å². The summed E-state index contributed by atoms with van der Waals surface area (Å²) < 4.78 is 11.3. The average Bonchev–Trinajstić information content (AvgIpc) is 3.23. The number of aromatic nitrogens is 3. The molecule has 0 amide bonds. The van der Waals surface area contributed by atoms with E-state index in [1.807, 2.05) is 34.2 Å². The molecule has 7 heteroatoms. The van der Waals surface area contributed by atoms with E-state index in [2.05, 4.69) is 9.36 Å². The third kappa shape index (κ3) is 3.26. The average molecular weight is 331 g/mol. The Bertz CT molecular complexity index is 771. The first-order valence-electron chi connectivity index (χ1n) is 7.11. The van der Waals surface area contributed by atoms with Gasteiger partial charge >= 0.3 is 0 Å². The van der Waals surface area contributed by atoms with Gasteiger partial charge in [0.15, 0.2) is 0 Å². The number of hydrogen-bond acceptors (Lipinski definition) is 6. The second-order valence-corrected chi connectivity index (χ2v) is 5.73. The number of hydrogen-bond donors (Lipinski definition) is 2. The fourth-order valence-corrected chi connectivity index (χ4v) is 2.93. The highest BCUT2D eigenvalue weighted by molar-refractivity contribution is 7.03. The van der Waals surface area contributed by atoms with E-state index in [9.17, 15) is 5.11 Å². The van der Waals surface area contributed by atoms with Crippen molar-refractivity contribution in [3.63, 3.8) is 0 Å². The molecule has 0 unspecified atom stereocenters. The summed E-state index contributed by atoms with van der Waals surface area (Å²) in [5.74, 6) is 0.752. The van der Waals surface area contributed by atoms with E-state index in [4.69, 9.17) is 9.84 Å². The highest BCUT2D eigenvalue weighted by Gasteiger charge is 2.18. The Kier molecular flexibility index (Phi) is 4.71. The smallest absolute Gasteiger partial charge is 0.119 e. The van der Waals surface area contributed by atoms with Crippen LogP contribution in [-0.2, 0) is 6.54 Å². The molecule has 0 aliphatic carbocycles. The van der Waals surface area contributed by atoms with Crippen molar-refractivity contribution in [3.8, 4) is 28.3 Å². The minimum Gasteiger partial charge on any atom is -0.497 e. The summed E-state index contributed by atoms with van der Waals surface area (Å²) in [7, 11) is 1.62. The number of methoxy groups -OCH3 is 1.